The maximum Gasteiger partial charge on any atom is 0.178 e. The molecule has 0 atom stereocenters. The van der Waals surface area contributed by atoms with Gasteiger partial charge in [-0.3, -0.25) is 0 Å². The molecule has 0 aliphatic rings. The smallest absolute Gasteiger partial charge is 0.178 e. The van der Waals surface area contributed by atoms with Crippen LogP contribution in [0.2, 0.25) is 5.02 Å². The number of fused-ring (bicyclic) bond motifs is 1. The maximum absolute atomic E-state index is 6.23. The Bertz CT molecular complexity index is 726. The van der Waals surface area contributed by atoms with Crippen molar-refractivity contribution in [1.29, 1.82) is 0 Å². The monoisotopic (exact) mass is 278 g/mol. The lowest BCUT2D eigenvalue weighted by atomic mass is 10.3. The standard InChI is InChI=1S/C12H11ClN4S/c13-9-2-1-3-10-11(9)17(12(18)15-10)7-6-16-5-4-14-8-16/h1-5,8H,6-7H2,(H,15,18). The molecule has 3 rings (SSSR count). The van der Waals surface area contributed by atoms with Gasteiger partial charge < -0.3 is 14.1 Å². The fourth-order valence-corrected chi connectivity index (χ4v) is 2.59. The molecule has 0 aliphatic heterocycles. The third kappa shape index (κ3) is 1.95. The zero-order valence-electron chi connectivity index (χ0n) is 9.51. The molecule has 0 spiro atoms. The molecule has 1 aromatic carbocycles. The van der Waals surface area contributed by atoms with Gasteiger partial charge in [0.1, 0.15) is 0 Å². The van der Waals surface area contributed by atoms with E-state index in [1.54, 1.807) is 12.5 Å². The highest BCUT2D eigenvalue weighted by molar-refractivity contribution is 7.71. The molecule has 0 aliphatic carbocycles. The second-order valence-corrected chi connectivity index (χ2v) is 4.81. The molecule has 0 saturated heterocycles. The zero-order valence-corrected chi connectivity index (χ0v) is 11.1. The first-order valence-electron chi connectivity index (χ1n) is 5.58. The normalized spacial score (nSPS) is 11.2. The summed E-state index contributed by atoms with van der Waals surface area (Å²) in [6, 6.07) is 5.76. The molecule has 18 heavy (non-hydrogen) atoms. The van der Waals surface area contributed by atoms with Crippen molar-refractivity contribution in [3.05, 3.63) is 46.7 Å². The van der Waals surface area contributed by atoms with Crippen molar-refractivity contribution in [2.75, 3.05) is 0 Å². The molecule has 2 aromatic heterocycles. The predicted octanol–water partition coefficient (Wildman–Crippen LogP) is 3.25. The summed E-state index contributed by atoms with van der Waals surface area (Å²) in [6.45, 7) is 1.57. The van der Waals surface area contributed by atoms with E-state index in [0.717, 1.165) is 24.1 Å². The minimum absolute atomic E-state index is 0.693. The van der Waals surface area contributed by atoms with E-state index in [2.05, 4.69) is 9.97 Å². The second kappa shape index (κ2) is 4.59. The summed E-state index contributed by atoms with van der Waals surface area (Å²) in [5.74, 6) is 0. The van der Waals surface area contributed by atoms with Crippen LogP contribution in [-0.2, 0) is 13.1 Å². The van der Waals surface area contributed by atoms with Gasteiger partial charge >= 0.3 is 0 Å². The highest BCUT2D eigenvalue weighted by Gasteiger charge is 2.07. The van der Waals surface area contributed by atoms with E-state index >= 15 is 0 Å². The number of nitrogens with zero attached hydrogens (tertiary/aromatic N) is 3. The molecule has 4 nitrogen and oxygen atoms in total. The summed E-state index contributed by atoms with van der Waals surface area (Å²) in [7, 11) is 0. The van der Waals surface area contributed by atoms with E-state index in [-0.39, 0.29) is 0 Å². The largest absolute Gasteiger partial charge is 0.336 e. The fourth-order valence-electron chi connectivity index (χ4n) is 2.02. The van der Waals surface area contributed by atoms with Gasteiger partial charge in [0.2, 0.25) is 0 Å². The van der Waals surface area contributed by atoms with Gasteiger partial charge in [0.05, 0.1) is 22.4 Å². The summed E-state index contributed by atoms with van der Waals surface area (Å²) in [6.07, 6.45) is 5.49. The number of aryl methyl sites for hydroxylation is 2. The highest BCUT2D eigenvalue weighted by Crippen LogP contribution is 2.23. The molecular formula is C12H11ClN4S. The van der Waals surface area contributed by atoms with Gasteiger partial charge in [-0.1, -0.05) is 17.7 Å². The minimum Gasteiger partial charge on any atom is -0.336 e. The predicted molar refractivity (Wildman–Crippen MR) is 74.4 cm³/mol. The van der Waals surface area contributed by atoms with Crippen LogP contribution in [0.5, 0.6) is 0 Å². The number of aromatic nitrogens is 4. The summed E-state index contributed by atoms with van der Waals surface area (Å²) < 4.78 is 4.72. The molecule has 0 saturated carbocycles. The van der Waals surface area contributed by atoms with Gasteiger partial charge in [0, 0.05) is 25.5 Å². The van der Waals surface area contributed by atoms with Crippen molar-refractivity contribution in [1.82, 2.24) is 19.1 Å². The summed E-state index contributed by atoms with van der Waals surface area (Å²) in [5.41, 5.74) is 1.93. The Kier molecular flexibility index (Phi) is 2.93. The van der Waals surface area contributed by atoms with Crippen molar-refractivity contribution in [3.63, 3.8) is 0 Å². The number of imidazole rings is 2. The van der Waals surface area contributed by atoms with Gasteiger partial charge in [-0.15, -0.1) is 0 Å². The molecule has 6 heteroatoms. The first kappa shape index (κ1) is 11.5. The van der Waals surface area contributed by atoms with Crippen LogP contribution in [0, 0.1) is 4.77 Å². The average Bonchev–Trinajstić information content (AvgIpc) is 2.94. The zero-order chi connectivity index (χ0) is 12.5. The lowest BCUT2D eigenvalue weighted by Gasteiger charge is -2.06. The van der Waals surface area contributed by atoms with E-state index in [9.17, 15) is 0 Å². The first-order valence-corrected chi connectivity index (χ1v) is 6.37. The van der Waals surface area contributed by atoms with Crippen molar-refractivity contribution in [2.24, 2.45) is 0 Å². The molecule has 0 fully saturated rings. The summed E-state index contributed by atoms with van der Waals surface area (Å²) in [4.78, 5) is 7.18. The van der Waals surface area contributed by atoms with Crippen LogP contribution in [0.25, 0.3) is 11.0 Å². The number of nitrogens with one attached hydrogen (secondary N) is 1. The number of para-hydroxylation sites is 1. The minimum atomic E-state index is 0.693. The van der Waals surface area contributed by atoms with Crippen LogP contribution in [0.3, 0.4) is 0 Å². The Morgan fingerprint density at radius 1 is 1.33 bits per heavy atom. The number of benzene rings is 1. The number of aromatic amines is 1. The van der Waals surface area contributed by atoms with Gasteiger partial charge in [0.15, 0.2) is 4.77 Å². The van der Waals surface area contributed by atoms with Crippen LogP contribution in [0.4, 0.5) is 0 Å². The Hall–Kier alpha value is -1.59. The first-order chi connectivity index (χ1) is 8.75. The third-order valence-electron chi connectivity index (χ3n) is 2.88. The van der Waals surface area contributed by atoms with Crippen LogP contribution < -0.4 is 0 Å². The lowest BCUT2D eigenvalue weighted by molar-refractivity contribution is 0.584. The van der Waals surface area contributed by atoms with Gasteiger partial charge in [0.25, 0.3) is 0 Å². The lowest BCUT2D eigenvalue weighted by Crippen LogP contribution is -2.06. The second-order valence-electron chi connectivity index (χ2n) is 4.02. The summed E-state index contributed by atoms with van der Waals surface area (Å²) in [5, 5.41) is 0.713. The third-order valence-corrected chi connectivity index (χ3v) is 3.51. The molecule has 0 unspecified atom stereocenters. The number of rotatable bonds is 3. The SMILES string of the molecule is S=c1[nH]c2cccc(Cl)c2n1CCn1ccnc1. The van der Waals surface area contributed by atoms with E-state index in [4.69, 9.17) is 23.8 Å². The number of halogens is 1. The van der Waals surface area contributed by atoms with Gasteiger partial charge in [-0.05, 0) is 24.4 Å². The molecular weight excluding hydrogens is 268 g/mol. The van der Waals surface area contributed by atoms with E-state index in [1.807, 2.05) is 33.5 Å². The molecule has 0 radical (unpaired) electrons. The fraction of sp³-hybridized carbons (Fsp3) is 0.167. The average molecular weight is 279 g/mol. The van der Waals surface area contributed by atoms with E-state index < -0.39 is 0 Å². The molecule has 2 heterocycles. The van der Waals surface area contributed by atoms with Crippen LogP contribution in [-0.4, -0.2) is 19.1 Å². The molecule has 0 bridgehead atoms. The molecule has 1 N–H and O–H groups in total. The molecule has 92 valence electrons. The van der Waals surface area contributed by atoms with Crippen molar-refractivity contribution >= 4 is 34.9 Å². The Morgan fingerprint density at radius 2 is 2.22 bits per heavy atom. The van der Waals surface area contributed by atoms with Crippen molar-refractivity contribution < 1.29 is 0 Å². The van der Waals surface area contributed by atoms with Crippen molar-refractivity contribution in [3.8, 4) is 0 Å². The van der Waals surface area contributed by atoms with Gasteiger partial charge in [-0.25, -0.2) is 4.98 Å². The van der Waals surface area contributed by atoms with Crippen LogP contribution in [0.15, 0.2) is 36.9 Å². The van der Waals surface area contributed by atoms with E-state index in [0.29, 0.717) is 9.79 Å². The Morgan fingerprint density at radius 3 is 3.00 bits per heavy atom. The number of H-pyrrole nitrogens is 1. The topological polar surface area (TPSA) is 38.5 Å². The van der Waals surface area contributed by atoms with E-state index in [1.165, 1.54) is 0 Å². The Balaban J connectivity index is 2.01. The highest BCUT2D eigenvalue weighted by atomic mass is 35.5. The van der Waals surface area contributed by atoms with Crippen molar-refractivity contribution in [2.45, 2.75) is 13.1 Å². The molecule has 3 aromatic rings. The number of hydrogen-bond donors (Lipinski definition) is 1. The van der Waals surface area contributed by atoms with Gasteiger partial charge in [-0.2, -0.15) is 0 Å². The summed E-state index contributed by atoms with van der Waals surface area (Å²) >= 11 is 11.6. The number of hydrogen-bond acceptors (Lipinski definition) is 2. The Labute approximate surface area is 114 Å². The van der Waals surface area contributed by atoms with Crippen LogP contribution >= 0.6 is 23.8 Å². The van der Waals surface area contributed by atoms with Crippen LogP contribution in [0.1, 0.15) is 0 Å². The maximum atomic E-state index is 6.23. The molecule has 0 amide bonds. The quantitative estimate of drug-likeness (QED) is 0.747.